The van der Waals surface area contributed by atoms with E-state index in [-0.39, 0.29) is 0 Å². The van der Waals surface area contributed by atoms with Gasteiger partial charge in [0.1, 0.15) is 0 Å². The number of halogens is 2. The lowest BCUT2D eigenvalue weighted by Gasteiger charge is -2.35. The summed E-state index contributed by atoms with van der Waals surface area (Å²) in [5, 5.41) is 1.25. The second-order valence-corrected chi connectivity index (χ2v) is 5.73. The van der Waals surface area contributed by atoms with Crippen LogP contribution < -0.4 is 5.73 Å². The summed E-state index contributed by atoms with van der Waals surface area (Å²) in [4.78, 5) is 2.42. The number of hydrogen-bond donors (Lipinski definition) is 1. The second kappa shape index (κ2) is 5.57. The average molecular weight is 273 g/mol. The van der Waals surface area contributed by atoms with Gasteiger partial charge in [-0.15, -0.1) is 0 Å². The van der Waals surface area contributed by atoms with E-state index in [2.05, 4.69) is 11.8 Å². The molecule has 0 aliphatic carbocycles. The van der Waals surface area contributed by atoms with Gasteiger partial charge in [0, 0.05) is 19.1 Å². The Hall–Kier alpha value is -0.280. The normalized spacial score (nSPS) is 26.1. The van der Waals surface area contributed by atoms with Gasteiger partial charge in [-0.05, 0) is 36.6 Å². The topological polar surface area (TPSA) is 29.3 Å². The zero-order valence-electron chi connectivity index (χ0n) is 10.00. The third-order valence-corrected chi connectivity index (χ3v) is 4.18. The molecule has 4 heteroatoms. The first-order valence-electron chi connectivity index (χ1n) is 5.98. The average Bonchev–Trinajstić information content (AvgIpc) is 2.29. The fourth-order valence-electron chi connectivity index (χ4n) is 2.29. The minimum Gasteiger partial charge on any atom is -0.327 e. The molecule has 1 heterocycles. The molecule has 2 atom stereocenters. The Labute approximate surface area is 113 Å². The summed E-state index contributed by atoms with van der Waals surface area (Å²) in [5.74, 6) is 0.562. The first-order chi connectivity index (χ1) is 8.06. The molecule has 0 aromatic heterocycles. The molecule has 2 N–H and O–H groups in total. The van der Waals surface area contributed by atoms with Gasteiger partial charge < -0.3 is 5.73 Å². The Morgan fingerprint density at radius 2 is 2.12 bits per heavy atom. The predicted octanol–water partition coefficient (Wildman–Crippen LogP) is 3.16. The zero-order chi connectivity index (χ0) is 12.4. The largest absolute Gasteiger partial charge is 0.327 e. The van der Waals surface area contributed by atoms with Crippen molar-refractivity contribution in [3.8, 4) is 0 Å². The molecule has 0 radical (unpaired) electrons. The molecule has 94 valence electrons. The minimum atomic E-state index is 0.347. The maximum Gasteiger partial charge on any atom is 0.0595 e. The lowest BCUT2D eigenvalue weighted by molar-refractivity contribution is 0.158. The number of nitrogens with zero attached hydrogens (tertiary/aromatic N) is 1. The van der Waals surface area contributed by atoms with Crippen molar-refractivity contribution in [1.29, 1.82) is 0 Å². The Balaban J connectivity index is 1.99. The van der Waals surface area contributed by atoms with Crippen LogP contribution >= 0.6 is 23.2 Å². The Kier molecular flexibility index (Phi) is 4.31. The molecule has 1 aliphatic rings. The van der Waals surface area contributed by atoms with Crippen molar-refractivity contribution >= 4 is 23.2 Å². The quantitative estimate of drug-likeness (QED) is 0.896. The van der Waals surface area contributed by atoms with Crippen molar-refractivity contribution in [3.05, 3.63) is 33.8 Å². The highest BCUT2D eigenvalue weighted by molar-refractivity contribution is 6.42. The summed E-state index contributed by atoms with van der Waals surface area (Å²) in [6.45, 7) is 5.26. The van der Waals surface area contributed by atoms with Gasteiger partial charge in [-0.1, -0.05) is 36.2 Å². The molecule has 0 saturated carbocycles. The lowest BCUT2D eigenvalue weighted by Crippen LogP contribution is -2.45. The fourth-order valence-corrected chi connectivity index (χ4v) is 2.61. The Morgan fingerprint density at radius 1 is 1.35 bits per heavy atom. The first-order valence-corrected chi connectivity index (χ1v) is 6.73. The molecule has 1 fully saturated rings. The van der Waals surface area contributed by atoms with Gasteiger partial charge in [-0.2, -0.15) is 0 Å². The highest BCUT2D eigenvalue weighted by Gasteiger charge is 2.22. The van der Waals surface area contributed by atoms with Crippen molar-refractivity contribution in [1.82, 2.24) is 4.90 Å². The van der Waals surface area contributed by atoms with Crippen LogP contribution in [0, 0.1) is 5.92 Å². The molecule has 0 bridgehead atoms. The number of benzene rings is 1. The van der Waals surface area contributed by atoms with Gasteiger partial charge in [0.05, 0.1) is 10.0 Å². The van der Waals surface area contributed by atoms with Gasteiger partial charge in [0.15, 0.2) is 0 Å². The van der Waals surface area contributed by atoms with E-state index in [1.165, 1.54) is 5.56 Å². The van der Waals surface area contributed by atoms with E-state index in [9.17, 15) is 0 Å². The van der Waals surface area contributed by atoms with E-state index in [4.69, 9.17) is 28.9 Å². The molecule has 1 saturated heterocycles. The van der Waals surface area contributed by atoms with E-state index in [0.29, 0.717) is 22.0 Å². The molecular formula is C13H18Cl2N2. The molecule has 2 nitrogen and oxygen atoms in total. The number of rotatable bonds is 2. The molecule has 17 heavy (non-hydrogen) atoms. The van der Waals surface area contributed by atoms with Crippen molar-refractivity contribution in [3.63, 3.8) is 0 Å². The summed E-state index contributed by atoms with van der Waals surface area (Å²) < 4.78 is 0. The highest BCUT2D eigenvalue weighted by atomic mass is 35.5. The van der Waals surface area contributed by atoms with Crippen LogP contribution in [0.1, 0.15) is 18.9 Å². The first kappa shape index (κ1) is 13.2. The smallest absolute Gasteiger partial charge is 0.0595 e. The van der Waals surface area contributed by atoms with Crippen molar-refractivity contribution in [2.45, 2.75) is 25.9 Å². The molecule has 1 aromatic rings. The van der Waals surface area contributed by atoms with Gasteiger partial charge in [-0.25, -0.2) is 0 Å². The summed E-state index contributed by atoms with van der Waals surface area (Å²) in [6.07, 6.45) is 1.07. The van der Waals surface area contributed by atoms with Gasteiger partial charge in [0.2, 0.25) is 0 Å². The summed E-state index contributed by atoms with van der Waals surface area (Å²) in [6, 6.07) is 6.19. The summed E-state index contributed by atoms with van der Waals surface area (Å²) in [7, 11) is 0. The predicted molar refractivity (Wildman–Crippen MR) is 73.5 cm³/mol. The molecule has 1 aliphatic heterocycles. The van der Waals surface area contributed by atoms with Crippen molar-refractivity contribution in [2.24, 2.45) is 11.7 Å². The lowest BCUT2D eigenvalue weighted by atomic mass is 9.94. The van der Waals surface area contributed by atoms with Gasteiger partial charge in [0.25, 0.3) is 0 Å². The van der Waals surface area contributed by atoms with E-state index in [0.717, 1.165) is 26.1 Å². The van der Waals surface area contributed by atoms with Gasteiger partial charge in [-0.3, -0.25) is 4.90 Å². The summed E-state index contributed by atoms with van der Waals surface area (Å²) >= 11 is 11.9. The van der Waals surface area contributed by atoms with Crippen LogP contribution in [0.5, 0.6) is 0 Å². The number of likely N-dealkylation sites (tertiary alicyclic amines) is 1. The van der Waals surface area contributed by atoms with E-state index in [1.54, 1.807) is 0 Å². The highest BCUT2D eigenvalue weighted by Crippen LogP contribution is 2.24. The van der Waals surface area contributed by atoms with Crippen molar-refractivity contribution < 1.29 is 0 Å². The van der Waals surface area contributed by atoms with Gasteiger partial charge >= 0.3 is 0 Å². The molecule has 0 spiro atoms. The number of hydrogen-bond acceptors (Lipinski definition) is 2. The number of nitrogens with two attached hydrogens (primary N) is 1. The van der Waals surface area contributed by atoms with Crippen LogP contribution in [0.25, 0.3) is 0 Å². The maximum atomic E-state index is 6.01. The molecular weight excluding hydrogens is 255 g/mol. The Morgan fingerprint density at radius 3 is 2.76 bits per heavy atom. The van der Waals surface area contributed by atoms with Crippen LogP contribution in [-0.4, -0.2) is 24.0 Å². The van der Waals surface area contributed by atoms with E-state index in [1.807, 2.05) is 18.2 Å². The van der Waals surface area contributed by atoms with Crippen LogP contribution in [0.4, 0.5) is 0 Å². The standard InChI is InChI=1S/C13H18Cl2N2/c1-9-7-17(5-4-13(9)16)8-10-2-3-11(14)12(15)6-10/h2-3,6,9,13H,4-5,7-8,16H2,1H3. The maximum absolute atomic E-state index is 6.01. The fraction of sp³-hybridized carbons (Fsp3) is 0.538. The zero-order valence-corrected chi connectivity index (χ0v) is 11.5. The van der Waals surface area contributed by atoms with Crippen LogP contribution in [-0.2, 0) is 6.54 Å². The molecule has 2 rings (SSSR count). The molecule has 0 amide bonds. The Bertz CT molecular complexity index is 395. The number of piperidine rings is 1. The molecule has 2 unspecified atom stereocenters. The van der Waals surface area contributed by atoms with Crippen LogP contribution in [0.15, 0.2) is 18.2 Å². The van der Waals surface area contributed by atoms with E-state index >= 15 is 0 Å². The second-order valence-electron chi connectivity index (χ2n) is 4.91. The van der Waals surface area contributed by atoms with Crippen LogP contribution in [0.2, 0.25) is 10.0 Å². The van der Waals surface area contributed by atoms with Crippen LogP contribution in [0.3, 0.4) is 0 Å². The molecule has 1 aromatic carbocycles. The third kappa shape index (κ3) is 3.35. The minimum absolute atomic E-state index is 0.347. The van der Waals surface area contributed by atoms with Crippen molar-refractivity contribution in [2.75, 3.05) is 13.1 Å². The third-order valence-electron chi connectivity index (χ3n) is 3.45. The van der Waals surface area contributed by atoms with E-state index < -0.39 is 0 Å². The SMILES string of the molecule is CC1CN(Cc2ccc(Cl)c(Cl)c2)CCC1N. The monoisotopic (exact) mass is 272 g/mol. The summed E-state index contributed by atoms with van der Waals surface area (Å²) in [5.41, 5.74) is 7.22.